The van der Waals surface area contributed by atoms with Gasteiger partial charge >= 0.3 is 6.03 Å². The van der Waals surface area contributed by atoms with Crippen molar-refractivity contribution in [1.29, 1.82) is 0 Å². The molecule has 1 aromatic carbocycles. The summed E-state index contributed by atoms with van der Waals surface area (Å²) in [5.74, 6) is 0.744. The lowest BCUT2D eigenvalue weighted by Gasteiger charge is -2.36. The Bertz CT molecular complexity index is 1450. The minimum atomic E-state index is 0.0196. The second-order valence-corrected chi connectivity index (χ2v) is 12.2. The predicted molar refractivity (Wildman–Crippen MR) is 160 cm³/mol. The summed E-state index contributed by atoms with van der Waals surface area (Å²) in [6.07, 6.45) is 8.15. The molecule has 0 unspecified atom stereocenters. The number of aromatic nitrogens is 2. The third kappa shape index (κ3) is 5.76. The van der Waals surface area contributed by atoms with E-state index in [0.717, 1.165) is 85.1 Å². The third-order valence-corrected chi connectivity index (χ3v) is 9.64. The highest BCUT2D eigenvalue weighted by Crippen LogP contribution is 2.38. The van der Waals surface area contributed by atoms with Gasteiger partial charge in [0.15, 0.2) is 0 Å². The number of thiophene rings is 1. The Morgan fingerprint density at radius 2 is 1.73 bits per heavy atom. The Morgan fingerprint density at radius 3 is 2.50 bits per heavy atom. The van der Waals surface area contributed by atoms with Crippen molar-refractivity contribution in [2.45, 2.75) is 25.8 Å². The van der Waals surface area contributed by atoms with Crippen LogP contribution in [0.15, 0.2) is 36.7 Å². The number of amides is 3. The zero-order valence-corrected chi connectivity index (χ0v) is 24.4. The highest BCUT2D eigenvalue weighted by molar-refractivity contribution is 7.19. The van der Waals surface area contributed by atoms with Crippen LogP contribution in [-0.2, 0) is 17.8 Å². The minimum absolute atomic E-state index is 0.0196. The van der Waals surface area contributed by atoms with Crippen molar-refractivity contribution in [2.24, 2.45) is 0 Å². The largest absolute Gasteiger partial charge is 0.340 e. The number of piperazine rings is 1. The summed E-state index contributed by atoms with van der Waals surface area (Å²) in [7, 11) is 0. The van der Waals surface area contributed by atoms with Crippen LogP contribution in [0.4, 0.5) is 16.3 Å². The SMILES string of the molecule is O=C(C=CCN1CCN(C(=O)N2CCCC2)CC1)N1CCc2c(sc3ncnc(Nc4ccc(Cl)c(Cl)c4)c23)C1. The third-order valence-electron chi connectivity index (χ3n) is 7.77. The Hall–Kier alpha value is -2.92. The highest BCUT2D eigenvalue weighted by atomic mass is 35.5. The van der Waals surface area contributed by atoms with Crippen molar-refractivity contribution in [1.82, 2.24) is 29.6 Å². The number of urea groups is 1. The Kier molecular flexibility index (Phi) is 8.11. The van der Waals surface area contributed by atoms with Gasteiger partial charge in [0.05, 0.1) is 22.0 Å². The summed E-state index contributed by atoms with van der Waals surface area (Å²) in [5, 5.41) is 5.33. The van der Waals surface area contributed by atoms with E-state index in [4.69, 9.17) is 23.2 Å². The molecule has 0 radical (unpaired) electrons. The van der Waals surface area contributed by atoms with E-state index in [-0.39, 0.29) is 11.9 Å². The molecule has 0 saturated carbocycles. The summed E-state index contributed by atoms with van der Waals surface area (Å²) >= 11 is 13.9. The second kappa shape index (κ2) is 11.9. The zero-order valence-electron chi connectivity index (χ0n) is 22.1. The lowest BCUT2D eigenvalue weighted by atomic mass is 10.0. The van der Waals surface area contributed by atoms with Gasteiger partial charge in [-0.3, -0.25) is 9.69 Å². The van der Waals surface area contributed by atoms with Gasteiger partial charge in [-0.25, -0.2) is 14.8 Å². The highest BCUT2D eigenvalue weighted by Gasteiger charge is 2.27. The van der Waals surface area contributed by atoms with Crippen LogP contribution in [0.5, 0.6) is 0 Å². The van der Waals surface area contributed by atoms with Crippen molar-refractivity contribution in [3.8, 4) is 0 Å². The van der Waals surface area contributed by atoms with Crippen LogP contribution in [-0.4, -0.2) is 93.9 Å². The Morgan fingerprint density at radius 1 is 0.950 bits per heavy atom. The van der Waals surface area contributed by atoms with Crippen LogP contribution < -0.4 is 5.32 Å². The van der Waals surface area contributed by atoms with Gasteiger partial charge in [0.1, 0.15) is 17.0 Å². The van der Waals surface area contributed by atoms with Gasteiger partial charge in [0.2, 0.25) is 5.91 Å². The van der Waals surface area contributed by atoms with Crippen molar-refractivity contribution in [2.75, 3.05) is 57.7 Å². The van der Waals surface area contributed by atoms with Crippen LogP contribution in [0, 0.1) is 0 Å². The first-order chi connectivity index (χ1) is 19.5. The molecule has 2 aromatic heterocycles. The molecule has 2 saturated heterocycles. The fraction of sp³-hybridized carbons (Fsp3) is 0.429. The van der Waals surface area contributed by atoms with Gasteiger partial charge in [-0.2, -0.15) is 0 Å². The van der Waals surface area contributed by atoms with Gasteiger partial charge in [0.25, 0.3) is 0 Å². The number of carbonyl (C=O) groups is 2. The molecule has 3 aromatic rings. The van der Waals surface area contributed by atoms with Gasteiger partial charge in [0, 0.05) is 69.0 Å². The molecule has 3 aliphatic heterocycles. The summed E-state index contributed by atoms with van der Waals surface area (Å²) in [6.45, 7) is 6.80. The number of anilines is 2. The smallest absolute Gasteiger partial charge is 0.320 e. The van der Waals surface area contributed by atoms with Gasteiger partial charge < -0.3 is 20.0 Å². The van der Waals surface area contributed by atoms with E-state index < -0.39 is 0 Å². The van der Waals surface area contributed by atoms with Crippen molar-refractivity contribution < 1.29 is 9.59 Å². The number of halogens is 2. The summed E-state index contributed by atoms with van der Waals surface area (Å²) < 4.78 is 0. The number of benzene rings is 1. The molecule has 6 rings (SSSR count). The fourth-order valence-corrected chi connectivity index (χ4v) is 7.06. The van der Waals surface area contributed by atoms with Gasteiger partial charge in [-0.1, -0.05) is 29.3 Å². The molecule has 0 bridgehead atoms. The quantitative estimate of drug-likeness (QED) is 0.415. The standard InChI is InChI=1S/C28H31Cl2N7O2S/c29-21-6-5-19(16-22(21)30)33-26-25-20-7-11-37(17-23(20)40-27(25)32-18-31-26)24(38)4-3-8-34-12-14-36(15-13-34)28(39)35-9-1-2-10-35/h3-6,16,18H,1-2,7-15,17H2,(H,31,32,33). The van der Waals surface area contributed by atoms with E-state index in [1.807, 2.05) is 26.8 Å². The molecular weight excluding hydrogens is 569 g/mol. The number of nitrogens with one attached hydrogen (secondary N) is 1. The molecule has 3 aliphatic rings. The van der Waals surface area contributed by atoms with Gasteiger partial charge in [-0.15, -0.1) is 11.3 Å². The molecule has 12 heteroatoms. The van der Waals surface area contributed by atoms with E-state index in [9.17, 15) is 9.59 Å². The van der Waals surface area contributed by atoms with Crippen LogP contribution >= 0.6 is 34.5 Å². The fourth-order valence-electron chi connectivity index (χ4n) is 5.56. The van der Waals surface area contributed by atoms with Crippen molar-refractivity contribution in [3.63, 3.8) is 0 Å². The van der Waals surface area contributed by atoms with Crippen molar-refractivity contribution in [3.05, 3.63) is 57.2 Å². The maximum Gasteiger partial charge on any atom is 0.320 e. The first-order valence-corrected chi connectivity index (χ1v) is 15.2. The topological polar surface area (TPSA) is 84.9 Å². The van der Waals surface area contributed by atoms with Crippen LogP contribution in [0.1, 0.15) is 23.3 Å². The van der Waals surface area contributed by atoms with E-state index in [1.165, 1.54) is 5.56 Å². The normalized spacial score (nSPS) is 18.1. The summed E-state index contributed by atoms with van der Waals surface area (Å²) in [6, 6.07) is 5.57. The maximum absolute atomic E-state index is 13.0. The summed E-state index contributed by atoms with van der Waals surface area (Å²) in [4.78, 5) is 44.8. The molecule has 5 heterocycles. The van der Waals surface area contributed by atoms with Crippen LogP contribution in [0.25, 0.3) is 10.2 Å². The average molecular weight is 601 g/mol. The molecule has 40 heavy (non-hydrogen) atoms. The molecule has 0 spiro atoms. The number of hydrogen-bond donors (Lipinski definition) is 1. The lowest BCUT2D eigenvalue weighted by Crippen LogP contribution is -2.52. The number of fused-ring (bicyclic) bond motifs is 3. The van der Waals surface area contributed by atoms with Gasteiger partial charge in [-0.05, 0) is 43.0 Å². The summed E-state index contributed by atoms with van der Waals surface area (Å²) in [5.41, 5.74) is 1.99. The second-order valence-electron chi connectivity index (χ2n) is 10.3. The van der Waals surface area contributed by atoms with E-state index >= 15 is 0 Å². The number of carbonyl (C=O) groups excluding carboxylic acids is 2. The monoisotopic (exact) mass is 599 g/mol. The molecule has 9 nitrogen and oxygen atoms in total. The lowest BCUT2D eigenvalue weighted by molar-refractivity contribution is -0.126. The number of hydrogen-bond acceptors (Lipinski definition) is 7. The van der Waals surface area contributed by atoms with E-state index in [0.29, 0.717) is 29.7 Å². The zero-order chi connectivity index (χ0) is 27.6. The number of likely N-dealkylation sites (tertiary alicyclic amines) is 1. The average Bonchev–Trinajstić information content (AvgIpc) is 3.63. The first kappa shape index (κ1) is 27.3. The number of rotatable bonds is 5. The van der Waals surface area contributed by atoms with E-state index in [2.05, 4.69) is 20.2 Å². The minimum Gasteiger partial charge on any atom is -0.340 e. The predicted octanol–water partition coefficient (Wildman–Crippen LogP) is 5.02. The van der Waals surface area contributed by atoms with Crippen LogP contribution in [0.3, 0.4) is 0 Å². The Balaban J connectivity index is 1.05. The van der Waals surface area contributed by atoms with Crippen LogP contribution in [0.2, 0.25) is 10.0 Å². The number of nitrogens with zero attached hydrogens (tertiary/aromatic N) is 6. The molecule has 2 fully saturated rings. The maximum atomic E-state index is 13.0. The first-order valence-electron chi connectivity index (χ1n) is 13.7. The molecule has 0 atom stereocenters. The molecular formula is C28H31Cl2N7O2S. The molecule has 1 N–H and O–H groups in total. The molecule has 210 valence electrons. The van der Waals surface area contributed by atoms with Crippen molar-refractivity contribution >= 4 is 68.2 Å². The molecule has 3 amide bonds. The van der Waals surface area contributed by atoms with E-state index in [1.54, 1.807) is 35.9 Å². The molecule has 0 aliphatic carbocycles. The Labute approximate surface area is 247 Å².